The molecule has 6 heteroatoms. The van der Waals surface area contributed by atoms with Crippen LogP contribution in [0.5, 0.6) is 5.75 Å². The van der Waals surface area contributed by atoms with Crippen molar-refractivity contribution in [2.75, 3.05) is 39.5 Å². The number of nitrogens with zero attached hydrogens (tertiary/aromatic N) is 1. The fourth-order valence-corrected chi connectivity index (χ4v) is 3.95. The SMILES string of the molecule is CCNC(=NCc1cccc(OC2CCCCC2)c1)NCCCOCC1CCOC1. The summed E-state index contributed by atoms with van der Waals surface area (Å²) in [4.78, 5) is 4.73. The molecule has 0 aromatic heterocycles. The number of hydrogen-bond acceptors (Lipinski definition) is 4. The van der Waals surface area contributed by atoms with Crippen molar-refractivity contribution in [3.8, 4) is 5.75 Å². The molecule has 2 fully saturated rings. The monoisotopic (exact) mass is 417 g/mol. The van der Waals surface area contributed by atoms with Crippen molar-refractivity contribution in [3.05, 3.63) is 29.8 Å². The molecule has 1 saturated carbocycles. The van der Waals surface area contributed by atoms with Gasteiger partial charge in [-0.25, -0.2) is 4.99 Å². The van der Waals surface area contributed by atoms with Crippen molar-refractivity contribution in [2.24, 2.45) is 10.9 Å². The molecule has 30 heavy (non-hydrogen) atoms. The van der Waals surface area contributed by atoms with E-state index in [1.807, 2.05) is 0 Å². The van der Waals surface area contributed by atoms with Gasteiger partial charge in [-0.05, 0) is 63.1 Å². The van der Waals surface area contributed by atoms with Gasteiger partial charge in [-0.3, -0.25) is 0 Å². The van der Waals surface area contributed by atoms with Crippen LogP contribution in [0.2, 0.25) is 0 Å². The molecule has 1 aliphatic carbocycles. The van der Waals surface area contributed by atoms with Gasteiger partial charge in [-0.2, -0.15) is 0 Å². The third-order valence-corrected chi connectivity index (χ3v) is 5.65. The van der Waals surface area contributed by atoms with Gasteiger partial charge in [-0.15, -0.1) is 0 Å². The minimum Gasteiger partial charge on any atom is -0.490 e. The van der Waals surface area contributed by atoms with Gasteiger partial charge in [0, 0.05) is 32.2 Å². The lowest BCUT2D eigenvalue weighted by atomic mass is 9.98. The number of benzene rings is 1. The maximum absolute atomic E-state index is 6.19. The summed E-state index contributed by atoms with van der Waals surface area (Å²) in [6.07, 6.45) is 8.73. The molecule has 0 radical (unpaired) electrons. The molecule has 1 unspecified atom stereocenters. The van der Waals surface area contributed by atoms with Gasteiger partial charge >= 0.3 is 0 Å². The molecule has 2 N–H and O–H groups in total. The molecule has 1 aromatic rings. The van der Waals surface area contributed by atoms with Crippen molar-refractivity contribution < 1.29 is 14.2 Å². The van der Waals surface area contributed by atoms with E-state index in [0.717, 1.165) is 64.1 Å². The van der Waals surface area contributed by atoms with Crippen LogP contribution in [0.15, 0.2) is 29.3 Å². The second-order valence-electron chi connectivity index (χ2n) is 8.31. The molecule has 3 rings (SSSR count). The molecule has 0 spiro atoms. The van der Waals surface area contributed by atoms with E-state index in [0.29, 0.717) is 18.6 Å². The van der Waals surface area contributed by atoms with E-state index in [9.17, 15) is 0 Å². The molecular weight excluding hydrogens is 378 g/mol. The summed E-state index contributed by atoms with van der Waals surface area (Å²) in [5, 5.41) is 6.72. The highest BCUT2D eigenvalue weighted by Gasteiger charge is 2.15. The van der Waals surface area contributed by atoms with Gasteiger partial charge in [0.15, 0.2) is 5.96 Å². The molecule has 0 amide bonds. The van der Waals surface area contributed by atoms with Gasteiger partial charge < -0.3 is 24.8 Å². The van der Waals surface area contributed by atoms with Crippen molar-refractivity contribution >= 4 is 5.96 Å². The lowest BCUT2D eigenvalue weighted by Crippen LogP contribution is -2.38. The molecule has 1 heterocycles. The first-order valence-electron chi connectivity index (χ1n) is 11.8. The lowest BCUT2D eigenvalue weighted by molar-refractivity contribution is 0.0888. The van der Waals surface area contributed by atoms with Crippen LogP contribution in [-0.4, -0.2) is 51.6 Å². The Kier molecular flexibility index (Phi) is 10.3. The Balaban J connectivity index is 1.38. The molecule has 1 saturated heterocycles. The van der Waals surface area contributed by atoms with Crippen LogP contribution in [0.1, 0.15) is 57.4 Å². The average molecular weight is 418 g/mol. The number of guanidine groups is 1. The summed E-state index contributed by atoms with van der Waals surface area (Å²) < 4.78 is 17.3. The number of hydrogen-bond donors (Lipinski definition) is 2. The largest absolute Gasteiger partial charge is 0.490 e. The molecule has 0 bridgehead atoms. The summed E-state index contributed by atoms with van der Waals surface area (Å²) in [6.45, 7) is 7.72. The second kappa shape index (κ2) is 13.5. The fourth-order valence-electron chi connectivity index (χ4n) is 3.95. The summed E-state index contributed by atoms with van der Waals surface area (Å²) in [7, 11) is 0. The van der Waals surface area contributed by atoms with Gasteiger partial charge in [0.1, 0.15) is 5.75 Å². The van der Waals surface area contributed by atoms with E-state index in [2.05, 4.69) is 41.8 Å². The zero-order valence-electron chi connectivity index (χ0n) is 18.5. The first kappa shape index (κ1) is 22.9. The number of aliphatic imine (C=N–C) groups is 1. The summed E-state index contributed by atoms with van der Waals surface area (Å²) in [6, 6.07) is 8.36. The number of rotatable bonds is 11. The zero-order valence-corrected chi connectivity index (χ0v) is 18.5. The van der Waals surface area contributed by atoms with E-state index >= 15 is 0 Å². The molecule has 2 aliphatic rings. The van der Waals surface area contributed by atoms with E-state index in [1.54, 1.807) is 0 Å². The summed E-state index contributed by atoms with van der Waals surface area (Å²) in [5.74, 6) is 2.40. The van der Waals surface area contributed by atoms with Crippen LogP contribution in [0.25, 0.3) is 0 Å². The fraction of sp³-hybridized carbons (Fsp3) is 0.708. The van der Waals surface area contributed by atoms with Gasteiger partial charge in [0.05, 0.1) is 25.9 Å². The topological polar surface area (TPSA) is 64.1 Å². The van der Waals surface area contributed by atoms with E-state index in [-0.39, 0.29) is 0 Å². The maximum Gasteiger partial charge on any atom is 0.191 e. The van der Waals surface area contributed by atoms with Crippen LogP contribution in [0, 0.1) is 5.92 Å². The summed E-state index contributed by atoms with van der Waals surface area (Å²) in [5.41, 5.74) is 1.17. The van der Waals surface area contributed by atoms with Crippen LogP contribution >= 0.6 is 0 Å². The predicted molar refractivity (Wildman–Crippen MR) is 121 cm³/mol. The van der Waals surface area contributed by atoms with E-state index in [1.165, 1.54) is 37.7 Å². The number of ether oxygens (including phenoxy) is 3. The van der Waals surface area contributed by atoms with E-state index < -0.39 is 0 Å². The Morgan fingerprint density at radius 3 is 2.87 bits per heavy atom. The van der Waals surface area contributed by atoms with Crippen LogP contribution < -0.4 is 15.4 Å². The Bertz CT molecular complexity index is 626. The van der Waals surface area contributed by atoms with Crippen molar-refractivity contribution in [1.82, 2.24) is 10.6 Å². The van der Waals surface area contributed by atoms with Crippen LogP contribution in [-0.2, 0) is 16.0 Å². The Morgan fingerprint density at radius 2 is 2.07 bits per heavy atom. The van der Waals surface area contributed by atoms with Crippen molar-refractivity contribution in [1.29, 1.82) is 0 Å². The highest BCUT2D eigenvalue weighted by Crippen LogP contribution is 2.24. The first-order valence-corrected chi connectivity index (χ1v) is 11.8. The van der Waals surface area contributed by atoms with Gasteiger partial charge in [0.2, 0.25) is 0 Å². The Morgan fingerprint density at radius 1 is 1.17 bits per heavy atom. The summed E-state index contributed by atoms with van der Waals surface area (Å²) >= 11 is 0. The highest BCUT2D eigenvalue weighted by atomic mass is 16.5. The Hall–Kier alpha value is -1.79. The van der Waals surface area contributed by atoms with Crippen molar-refractivity contribution in [2.45, 2.75) is 64.5 Å². The standard InChI is InChI=1S/C24H39N3O3/c1-2-25-24(26-13-7-14-28-18-21-12-15-29-19-21)27-17-20-8-6-11-23(16-20)30-22-9-4-3-5-10-22/h6,8,11,16,21-22H,2-5,7,9-10,12-15,17-19H2,1H3,(H2,25,26,27). The molecule has 1 aliphatic heterocycles. The normalized spacial score (nSPS) is 20.3. The lowest BCUT2D eigenvalue weighted by Gasteiger charge is -2.23. The predicted octanol–water partition coefficient (Wildman–Crippen LogP) is 3.90. The second-order valence-corrected chi connectivity index (χ2v) is 8.31. The molecule has 168 valence electrons. The van der Waals surface area contributed by atoms with Crippen molar-refractivity contribution in [3.63, 3.8) is 0 Å². The van der Waals surface area contributed by atoms with Gasteiger partial charge in [0.25, 0.3) is 0 Å². The minimum absolute atomic E-state index is 0.375. The minimum atomic E-state index is 0.375. The first-order chi connectivity index (χ1) is 14.8. The maximum atomic E-state index is 6.19. The number of nitrogens with one attached hydrogen (secondary N) is 2. The molecule has 1 atom stereocenters. The van der Waals surface area contributed by atoms with E-state index in [4.69, 9.17) is 19.2 Å². The smallest absolute Gasteiger partial charge is 0.191 e. The molecule has 6 nitrogen and oxygen atoms in total. The van der Waals surface area contributed by atoms with Gasteiger partial charge in [-0.1, -0.05) is 18.6 Å². The molecular formula is C24H39N3O3. The van der Waals surface area contributed by atoms with Crippen LogP contribution in [0.4, 0.5) is 0 Å². The Labute approximate surface area is 181 Å². The average Bonchev–Trinajstić information content (AvgIpc) is 3.29. The quantitative estimate of drug-likeness (QED) is 0.325. The molecule has 1 aromatic carbocycles. The third kappa shape index (κ3) is 8.52. The van der Waals surface area contributed by atoms with Crippen LogP contribution in [0.3, 0.4) is 0 Å². The highest BCUT2D eigenvalue weighted by molar-refractivity contribution is 5.79. The zero-order chi connectivity index (χ0) is 20.9. The third-order valence-electron chi connectivity index (χ3n) is 5.65.